The third kappa shape index (κ3) is 2.67. The second-order valence-electron chi connectivity index (χ2n) is 7.51. The van der Waals surface area contributed by atoms with E-state index in [1.165, 1.54) is 22.3 Å². The van der Waals surface area contributed by atoms with Crippen molar-refractivity contribution in [2.45, 2.75) is 24.5 Å². The van der Waals surface area contributed by atoms with E-state index in [1.807, 2.05) is 0 Å². The summed E-state index contributed by atoms with van der Waals surface area (Å²) in [6, 6.07) is 31.3. The van der Waals surface area contributed by atoms with Crippen LogP contribution in [0.2, 0.25) is 4.71 Å². The van der Waals surface area contributed by atoms with E-state index in [9.17, 15) is 0 Å². The molecule has 0 spiro atoms. The van der Waals surface area contributed by atoms with E-state index in [1.54, 1.807) is 14.3 Å². The Morgan fingerprint density at radius 3 is 2.11 bits per heavy atom. The Labute approximate surface area is 166 Å². The molecule has 0 saturated heterocycles. The summed E-state index contributed by atoms with van der Waals surface area (Å²) in [5.41, 5.74) is 7.33. The summed E-state index contributed by atoms with van der Waals surface area (Å²) in [6.07, 6.45) is 2.53. The number of hydrogen-bond acceptors (Lipinski definition) is 0. The molecule has 27 heavy (non-hydrogen) atoms. The van der Waals surface area contributed by atoms with Crippen LogP contribution in [0.3, 0.4) is 0 Å². The molecule has 2 aliphatic rings. The Balaban J connectivity index is 1.78. The molecule has 5 rings (SSSR count). The van der Waals surface area contributed by atoms with Crippen LogP contribution < -0.4 is 4.35 Å². The molecule has 1 aliphatic carbocycles. The Morgan fingerprint density at radius 2 is 1.37 bits per heavy atom. The minimum absolute atomic E-state index is 0.567. The van der Waals surface area contributed by atoms with Crippen molar-refractivity contribution in [1.29, 1.82) is 0 Å². The van der Waals surface area contributed by atoms with E-state index >= 15 is 0 Å². The first-order valence-corrected chi connectivity index (χ1v) is 12.6. The van der Waals surface area contributed by atoms with Crippen LogP contribution in [0.25, 0.3) is 5.57 Å². The van der Waals surface area contributed by atoms with Gasteiger partial charge in [0.1, 0.15) is 0 Å². The van der Waals surface area contributed by atoms with E-state index in [0.29, 0.717) is 10.6 Å². The van der Waals surface area contributed by atoms with E-state index in [4.69, 9.17) is 0 Å². The average molecular weight is 410 g/mol. The van der Waals surface area contributed by atoms with Gasteiger partial charge in [0.05, 0.1) is 0 Å². The van der Waals surface area contributed by atoms with Gasteiger partial charge in [-0.2, -0.15) is 0 Å². The number of allylic oxidation sites excluding steroid dienone is 3. The first-order chi connectivity index (χ1) is 13.3. The first kappa shape index (κ1) is 16.8. The Morgan fingerprint density at radius 1 is 0.741 bits per heavy atom. The molecule has 132 valence electrons. The molecule has 0 amide bonds. The van der Waals surface area contributed by atoms with E-state index in [0.717, 1.165) is 0 Å². The SMILES string of the molecule is CC1=CC2=C(c3ccccc3)c3ccccc3[C@@H](C)[C@H]2[As]1c1ccccc1. The molecular formula is C26H23As. The third-order valence-corrected chi connectivity index (χ3v) is 12.3. The van der Waals surface area contributed by atoms with Crippen LogP contribution in [-0.2, 0) is 0 Å². The van der Waals surface area contributed by atoms with Gasteiger partial charge in [-0.15, -0.1) is 0 Å². The van der Waals surface area contributed by atoms with Crippen molar-refractivity contribution in [1.82, 2.24) is 0 Å². The summed E-state index contributed by atoms with van der Waals surface area (Å²) in [7, 11) is 0. The molecule has 0 bridgehead atoms. The van der Waals surface area contributed by atoms with Gasteiger partial charge in [-0.05, 0) is 0 Å². The van der Waals surface area contributed by atoms with Crippen LogP contribution in [0, 0.1) is 0 Å². The molecule has 3 aromatic rings. The molecule has 0 nitrogen and oxygen atoms in total. The number of rotatable bonds is 2. The fourth-order valence-electron chi connectivity index (χ4n) is 4.78. The second kappa shape index (κ2) is 6.70. The van der Waals surface area contributed by atoms with Gasteiger partial charge in [-0.25, -0.2) is 0 Å². The van der Waals surface area contributed by atoms with Crippen molar-refractivity contribution in [3.8, 4) is 0 Å². The Kier molecular flexibility index (Phi) is 4.18. The van der Waals surface area contributed by atoms with Crippen molar-refractivity contribution in [3.63, 3.8) is 0 Å². The molecule has 1 heteroatoms. The summed E-state index contributed by atoms with van der Waals surface area (Å²) < 4.78 is 3.85. The fourth-order valence-corrected chi connectivity index (χ4v) is 11.1. The maximum atomic E-state index is 2.53. The molecule has 1 aliphatic heterocycles. The summed E-state index contributed by atoms with van der Waals surface area (Å²) in [5, 5.41) is 0. The normalized spacial score (nSPS) is 23.6. The van der Waals surface area contributed by atoms with Crippen molar-refractivity contribution < 1.29 is 0 Å². The second-order valence-corrected chi connectivity index (χ2v) is 12.8. The third-order valence-electron chi connectivity index (χ3n) is 5.92. The van der Waals surface area contributed by atoms with E-state index in [-0.39, 0.29) is 0 Å². The average Bonchev–Trinajstić information content (AvgIpc) is 3.06. The van der Waals surface area contributed by atoms with Gasteiger partial charge in [0, 0.05) is 0 Å². The van der Waals surface area contributed by atoms with Gasteiger partial charge < -0.3 is 0 Å². The van der Waals surface area contributed by atoms with Crippen LogP contribution in [-0.4, -0.2) is 14.7 Å². The molecule has 1 unspecified atom stereocenters. The number of benzene rings is 3. The maximum absolute atomic E-state index is 2.53. The first-order valence-electron chi connectivity index (χ1n) is 9.67. The van der Waals surface area contributed by atoms with Crippen molar-refractivity contribution in [2.75, 3.05) is 0 Å². The van der Waals surface area contributed by atoms with Crippen molar-refractivity contribution in [2.24, 2.45) is 0 Å². The molecule has 3 aromatic carbocycles. The zero-order valence-electron chi connectivity index (χ0n) is 15.8. The summed E-state index contributed by atoms with van der Waals surface area (Å²) in [4.78, 5) is 0. The molecule has 0 aromatic heterocycles. The molecule has 0 N–H and O–H groups in total. The summed E-state index contributed by atoms with van der Waals surface area (Å²) >= 11 is -1.33. The molecule has 0 saturated carbocycles. The molecular weight excluding hydrogens is 387 g/mol. The predicted octanol–water partition coefficient (Wildman–Crippen LogP) is 5.88. The van der Waals surface area contributed by atoms with Gasteiger partial charge in [-0.1, -0.05) is 0 Å². The fraction of sp³-hybridized carbons (Fsp3) is 0.154. The monoisotopic (exact) mass is 410 g/mol. The quantitative estimate of drug-likeness (QED) is 0.463. The number of hydrogen-bond donors (Lipinski definition) is 0. The van der Waals surface area contributed by atoms with Crippen molar-refractivity contribution in [3.05, 3.63) is 118 Å². The Bertz CT molecular complexity index is 1040. The molecule has 3 atom stereocenters. The summed E-state index contributed by atoms with van der Waals surface area (Å²) in [6.45, 7) is 4.82. The standard InChI is InChI=1S/C26H23As/c1-18-17-24-25(20-11-5-3-6-12-20)23-16-10-9-15-22(23)19(2)26(24)27(18)21-13-7-4-8-14-21/h3-17,19,26H,1-2H3/t19-,26-,27?/m1/s1. The molecule has 0 radical (unpaired) electrons. The van der Waals surface area contributed by atoms with Gasteiger partial charge in [-0.3, -0.25) is 0 Å². The number of fused-ring (bicyclic) bond motifs is 2. The van der Waals surface area contributed by atoms with Crippen LogP contribution in [0.4, 0.5) is 0 Å². The summed E-state index contributed by atoms with van der Waals surface area (Å²) in [5.74, 6) is 0.567. The zero-order valence-corrected chi connectivity index (χ0v) is 17.6. The minimum atomic E-state index is -1.33. The van der Waals surface area contributed by atoms with Crippen LogP contribution >= 0.6 is 0 Å². The molecule has 0 fully saturated rings. The van der Waals surface area contributed by atoms with Crippen LogP contribution in [0.15, 0.2) is 101 Å². The van der Waals surface area contributed by atoms with E-state index < -0.39 is 14.7 Å². The predicted molar refractivity (Wildman–Crippen MR) is 117 cm³/mol. The van der Waals surface area contributed by atoms with Gasteiger partial charge >= 0.3 is 167 Å². The van der Waals surface area contributed by atoms with Crippen LogP contribution in [0.1, 0.15) is 36.5 Å². The van der Waals surface area contributed by atoms with Crippen molar-refractivity contribution >= 4 is 24.6 Å². The molecule has 1 heterocycles. The zero-order chi connectivity index (χ0) is 18.4. The van der Waals surface area contributed by atoms with Gasteiger partial charge in [0.15, 0.2) is 0 Å². The van der Waals surface area contributed by atoms with Crippen LogP contribution in [0.5, 0.6) is 0 Å². The Hall–Kier alpha value is -2.30. The van der Waals surface area contributed by atoms with E-state index in [2.05, 4.69) is 105 Å². The van der Waals surface area contributed by atoms with Gasteiger partial charge in [0.25, 0.3) is 0 Å². The topological polar surface area (TPSA) is 0 Å². The van der Waals surface area contributed by atoms with Gasteiger partial charge in [0.2, 0.25) is 0 Å².